The summed E-state index contributed by atoms with van der Waals surface area (Å²) < 4.78 is 13.4. The second kappa shape index (κ2) is 7.92. The lowest BCUT2D eigenvalue weighted by molar-refractivity contribution is -0.126. The molecule has 0 bridgehead atoms. The molecule has 5 heteroatoms. The molecule has 0 spiro atoms. The summed E-state index contributed by atoms with van der Waals surface area (Å²) in [4.78, 5) is 25.0. The van der Waals surface area contributed by atoms with E-state index < -0.39 is 17.3 Å². The number of aryl methyl sites for hydroxylation is 1. The number of amides is 2. The van der Waals surface area contributed by atoms with Crippen molar-refractivity contribution in [3.05, 3.63) is 71.5 Å². The van der Waals surface area contributed by atoms with Gasteiger partial charge in [0, 0.05) is 12.0 Å². The molecular weight excluding hydrogens is 319 g/mol. The number of hydrogen-bond donors (Lipinski definition) is 1. The van der Waals surface area contributed by atoms with Gasteiger partial charge in [0.25, 0.3) is 5.91 Å². The molecule has 0 saturated carbocycles. The molecule has 2 aromatic carbocycles. The van der Waals surface area contributed by atoms with Crippen molar-refractivity contribution in [2.75, 3.05) is 0 Å². The largest absolute Gasteiger partial charge is 0.273 e. The van der Waals surface area contributed by atoms with Gasteiger partial charge in [0.1, 0.15) is 5.82 Å². The van der Waals surface area contributed by atoms with E-state index in [4.69, 9.17) is 0 Å². The molecule has 0 aliphatic rings. The van der Waals surface area contributed by atoms with Crippen LogP contribution in [0.25, 0.3) is 0 Å². The zero-order valence-corrected chi connectivity index (χ0v) is 14.8. The molecule has 0 unspecified atom stereocenters. The van der Waals surface area contributed by atoms with Crippen LogP contribution < -0.4 is 5.43 Å². The van der Waals surface area contributed by atoms with E-state index in [2.05, 4.69) is 5.43 Å². The van der Waals surface area contributed by atoms with E-state index in [1.54, 1.807) is 0 Å². The van der Waals surface area contributed by atoms with Crippen LogP contribution in [0.3, 0.4) is 0 Å². The summed E-state index contributed by atoms with van der Waals surface area (Å²) in [5.74, 6) is -1.20. The number of nitrogens with zero attached hydrogens (tertiary/aromatic N) is 1. The van der Waals surface area contributed by atoms with Gasteiger partial charge in [-0.3, -0.25) is 15.0 Å². The van der Waals surface area contributed by atoms with Gasteiger partial charge in [-0.25, -0.2) is 9.40 Å². The first-order valence-electron chi connectivity index (χ1n) is 8.21. The number of carbonyl (C=O) groups excluding carboxylic acids is 2. The van der Waals surface area contributed by atoms with Crippen LogP contribution in [0.1, 0.15) is 43.1 Å². The smallest absolute Gasteiger partial charge is 0.272 e. The van der Waals surface area contributed by atoms with Crippen LogP contribution in [0.15, 0.2) is 54.6 Å². The first-order valence-corrected chi connectivity index (χ1v) is 8.21. The van der Waals surface area contributed by atoms with Gasteiger partial charge in [-0.05, 0) is 51.0 Å². The molecule has 0 radical (unpaired) electrons. The quantitative estimate of drug-likeness (QED) is 0.861. The first kappa shape index (κ1) is 18.6. The minimum Gasteiger partial charge on any atom is -0.273 e. The third-order valence-electron chi connectivity index (χ3n) is 3.67. The van der Waals surface area contributed by atoms with Crippen molar-refractivity contribution >= 4 is 11.8 Å². The molecule has 0 fully saturated rings. The fourth-order valence-corrected chi connectivity index (χ4v) is 2.36. The fraction of sp³-hybridized carbons (Fsp3) is 0.300. The second-order valence-electron chi connectivity index (χ2n) is 6.84. The summed E-state index contributed by atoms with van der Waals surface area (Å²) >= 11 is 0. The van der Waals surface area contributed by atoms with Crippen molar-refractivity contribution in [2.45, 2.75) is 39.2 Å². The average molecular weight is 342 g/mol. The number of hydrazine groups is 1. The van der Waals surface area contributed by atoms with Crippen molar-refractivity contribution in [3.63, 3.8) is 0 Å². The lowest BCUT2D eigenvalue weighted by Crippen LogP contribution is -2.55. The summed E-state index contributed by atoms with van der Waals surface area (Å²) in [5, 5.41) is 1.26. The Kier molecular flexibility index (Phi) is 5.91. The number of rotatable bonds is 4. The van der Waals surface area contributed by atoms with E-state index in [-0.39, 0.29) is 17.9 Å². The molecule has 132 valence electrons. The molecule has 2 aromatic rings. The topological polar surface area (TPSA) is 49.4 Å². The standard InChI is InChI=1S/C20H23FN2O2/c1-20(2,3)23(19(25)16-10-7-11-17(21)14-16)22-18(24)13-12-15-8-5-4-6-9-15/h4-11,14H,12-13H2,1-3H3,(H,22,24). The van der Waals surface area contributed by atoms with Gasteiger partial charge in [0.15, 0.2) is 0 Å². The summed E-state index contributed by atoms with van der Waals surface area (Å²) in [6.45, 7) is 5.42. The lowest BCUT2D eigenvalue weighted by atomic mass is 10.1. The highest BCUT2D eigenvalue weighted by molar-refractivity contribution is 5.95. The Morgan fingerprint density at radius 3 is 2.32 bits per heavy atom. The van der Waals surface area contributed by atoms with E-state index in [0.717, 1.165) is 11.6 Å². The maximum absolute atomic E-state index is 13.4. The van der Waals surface area contributed by atoms with Gasteiger partial charge in [0.05, 0.1) is 5.54 Å². The van der Waals surface area contributed by atoms with Crippen molar-refractivity contribution < 1.29 is 14.0 Å². The molecule has 0 aliphatic carbocycles. The first-order chi connectivity index (χ1) is 11.8. The van der Waals surface area contributed by atoms with Crippen molar-refractivity contribution in [1.29, 1.82) is 0 Å². The SMILES string of the molecule is CC(C)(C)N(NC(=O)CCc1ccccc1)C(=O)c1cccc(F)c1. The van der Waals surface area contributed by atoms with Crippen LogP contribution >= 0.6 is 0 Å². The molecule has 0 atom stereocenters. The Balaban J connectivity index is 2.07. The van der Waals surface area contributed by atoms with Crippen LogP contribution in [0.2, 0.25) is 0 Å². The number of nitrogens with one attached hydrogen (secondary N) is 1. The Morgan fingerprint density at radius 1 is 1.04 bits per heavy atom. The summed E-state index contributed by atoms with van der Waals surface area (Å²) in [5.41, 5.74) is 3.27. The second-order valence-corrected chi connectivity index (χ2v) is 6.84. The minimum absolute atomic E-state index is 0.193. The highest BCUT2D eigenvalue weighted by Crippen LogP contribution is 2.16. The molecule has 0 saturated heterocycles. The third-order valence-corrected chi connectivity index (χ3v) is 3.67. The van der Waals surface area contributed by atoms with Gasteiger partial charge in [-0.15, -0.1) is 0 Å². The number of halogens is 1. The Bertz CT molecular complexity index is 739. The Labute approximate surface area is 147 Å². The van der Waals surface area contributed by atoms with E-state index in [1.807, 2.05) is 51.1 Å². The molecule has 0 heterocycles. The number of hydrogen-bond acceptors (Lipinski definition) is 2. The van der Waals surface area contributed by atoms with Gasteiger partial charge < -0.3 is 0 Å². The van der Waals surface area contributed by atoms with Crippen molar-refractivity contribution in [3.8, 4) is 0 Å². The van der Waals surface area contributed by atoms with Crippen molar-refractivity contribution in [1.82, 2.24) is 10.4 Å². The van der Waals surface area contributed by atoms with Crippen molar-refractivity contribution in [2.24, 2.45) is 0 Å². The molecule has 2 amide bonds. The van der Waals surface area contributed by atoms with Gasteiger partial charge in [-0.2, -0.15) is 0 Å². The lowest BCUT2D eigenvalue weighted by Gasteiger charge is -2.35. The molecular formula is C20H23FN2O2. The monoisotopic (exact) mass is 342 g/mol. The average Bonchev–Trinajstić information content (AvgIpc) is 2.57. The van der Waals surface area contributed by atoms with Crippen LogP contribution in [0.4, 0.5) is 4.39 Å². The maximum atomic E-state index is 13.4. The molecule has 25 heavy (non-hydrogen) atoms. The van der Waals surface area contributed by atoms with E-state index >= 15 is 0 Å². The van der Waals surface area contributed by atoms with Gasteiger partial charge in [0.2, 0.25) is 5.91 Å². The van der Waals surface area contributed by atoms with Crippen LogP contribution in [-0.2, 0) is 11.2 Å². The molecule has 0 aliphatic heterocycles. The van der Waals surface area contributed by atoms with E-state index in [1.165, 1.54) is 23.2 Å². The normalized spacial score (nSPS) is 11.0. The van der Waals surface area contributed by atoms with Crippen LogP contribution in [0.5, 0.6) is 0 Å². The number of carbonyl (C=O) groups is 2. The Hall–Kier alpha value is -2.69. The highest BCUT2D eigenvalue weighted by Gasteiger charge is 2.29. The third kappa shape index (κ3) is 5.41. The molecule has 2 rings (SSSR count). The van der Waals surface area contributed by atoms with Gasteiger partial charge in [-0.1, -0.05) is 36.4 Å². The van der Waals surface area contributed by atoms with E-state index in [0.29, 0.717) is 6.42 Å². The van der Waals surface area contributed by atoms with Crippen LogP contribution in [0, 0.1) is 5.82 Å². The molecule has 4 nitrogen and oxygen atoms in total. The molecule has 1 N–H and O–H groups in total. The Morgan fingerprint density at radius 2 is 1.72 bits per heavy atom. The zero-order chi connectivity index (χ0) is 18.4. The minimum atomic E-state index is -0.647. The maximum Gasteiger partial charge on any atom is 0.272 e. The fourth-order valence-electron chi connectivity index (χ4n) is 2.36. The molecule has 0 aromatic heterocycles. The number of benzene rings is 2. The predicted molar refractivity (Wildman–Crippen MR) is 95.2 cm³/mol. The summed E-state index contributed by atoms with van der Waals surface area (Å²) in [6.07, 6.45) is 0.839. The van der Waals surface area contributed by atoms with E-state index in [9.17, 15) is 14.0 Å². The van der Waals surface area contributed by atoms with Crippen LogP contribution in [-0.4, -0.2) is 22.4 Å². The predicted octanol–water partition coefficient (Wildman–Crippen LogP) is 3.73. The summed E-state index contributed by atoms with van der Waals surface area (Å²) in [6, 6.07) is 15.1. The summed E-state index contributed by atoms with van der Waals surface area (Å²) in [7, 11) is 0. The zero-order valence-electron chi connectivity index (χ0n) is 14.8. The van der Waals surface area contributed by atoms with Gasteiger partial charge >= 0.3 is 0 Å². The highest BCUT2D eigenvalue weighted by atomic mass is 19.1.